The lowest BCUT2D eigenvalue weighted by Gasteiger charge is -2.40. The molecule has 3 aromatic carbocycles. The first kappa shape index (κ1) is 30.1. The first-order valence-corrected chi connectivity index (χ1v) is 16.5. The van der Waals surface area contributed by atoms with E-state index in [1.807, 2.05) is 59.5 Å². The molecule has 3 aliphatic rings. The van der Waals surface area contributed by atoms with Gasteiger partial charge in [0.1, 0.15) is 17.3 Å². The number of ether oxygens (including phenoxy) is 2. The lowest BCUT2D eigenvalue weighted by atomic mass is 9.73. The van der Waals surface area contributed by atoms with Crippen LogP contribution in [-0.2, 0) is 9.59 Å². The van der Waals surface area contributed by atoms with Crippen molar-refractivity contribution in [3.63, 3.8) is 0 Å². The molecule has 0 saturated carbocycles. The van der Waals surface area contributed by atoms with Gasteiger partial charge in [-0.2, -0.15) is 4.37 Å². The van der Waals surface area contributed by atoms with Gasteiger partial charge in [-0.15, -0.1) is 0 Å². The van der Waals surface area contributed by atoms with Crippen LogP contribution in [0.2, 0.25) is 0 Å². The smallest absolute Gasteiger partial charge is 0.242 e. The number of piperazine rings is 1. The van der Waals surface area contributed by atoms with Gasteiger partial charge in [0.05, 0.1) is 42.9 Å². The average molecular weight is 638 g/mol. The monoisotopic (exact) mass is 637 g/mol. The van der Waals surface area contributed by atoms with E-state index < -0.39 is 6.04 Å². The van der Waals surface area contributed by atoms with Gasteiger partial charge in [0.25, 0.3) is 0 Å². The number of ketones is 1. The zero-order valence-corrected chi connectivity index (χ0v) is 27.5. The van der Waals surface area contributed by atoms with E-state index in [9.17, 15) is 9.59 Å². The van der Waals surface area contributed by atoms with Gasteiger partial charge in [-0.3, -0.25) is 9.59 Å². The molecule has 10 heteroatoms. The summed E-state index contributed by atoms with van der Waals surface area (Å²) < 4.78 is 17.4. The summed E-state index contributed by atoms with van der Waals surface area (Å²) in [6, 6.07) is 21.4. The van der Waals surface area contributed by atoms with Gasteiger partial charge in [-0.05, 0) is 65.8 Å². The molecule has 1 aliphatic carbocycles. The number of amides is 1. The fourth-order valence-electron chi connectivity index (χ4n) is 7.12. The molecular formula is C36H39N5O4S. The summed E-state index contributed by atoms with van der Waals surface area (Å²) in [4.78, 5) is 34.7. The molecule has 7 rings (SSSR count). The Balaban J connectivity index is 1.25. The maximum absolute atomic E-state index is 14.3. The summed E-state index contributed by atoms with van der Waals surface area (Å²) in [7, 11) is 3.26. The van der Waals surface area contributed by atoms with Crippen molar-refractivity contribution < 1.29 is 19.1 Å². The second kappa shape index (κ2) is 12.0. The molecule has 0 spiro atoms. The first-order valence-electron chi connectivity index (χ1n) is 15.7. The standard InChI is InChI=1S/C36H39N5O4S/c1-36(2)20-27-33(29(42)21-36)34(25-19-23(44-3)13-14-30(25)45-4)41(28-11-7-6-10-26(28)37-27)22-32(43)39-15-17-40(18-16-39)35-24-9-5-8-12-31(24)46-38-35/h5-14,19,34,37H,15-18,20-22H2,1-4H3. The second-order valence-corrected chi connectivity index (χ2v) is 13.8. The van der Waals surface area contributed by atoms with E-state index in [2.05, 4.69) is 41.1 Å². The summed E-state index contributed by atoms with van der Waals surface area (Å²) in [5.74, 6) is 2.36. The van der Waals surface area contributed by atoms with Crippen molar-refractivity contribution in [3.8, 4) is 11.5 Å². The first-order chi connectivity index (χ1) is 22.3. The minimum atomic E-state index is -0.564. The van der Waals surface area contributed by atoms with Crippen molar-refractivity contribution in [2.45, 2.75) is 32.7 Å². The normalized spacial score (nSPS) is 19.3. The van der Waals surface area contributed by atoms with Crippen LogP contribution in [0, 0.1) is 5.41 Å². The SMILES string of the molecule is COc1ccc(OC)c(C2C3=C(CC(C)(C)CC3=O)Nc3ccccc3N2CC(=O)N2CCN(c3nsc4ccccc34)CC2)c1. The number of anilines is 3. The van der Waals surface area contributed by atoms with E-state index in [0.717, 1.165) is 38.5 Å². The molecular weight excluding hydrogens is 598 g/mol. The topological polar surface area (TPSA) is 87.2 Å². The Kier molecular flexibility index (Phi) is 7.84. The Labute approximate surface area is 273 Å². The van der Waals surface area contributed by atoms with E-state index in [0.29, 0.717) is 56.1 Å². The number of benzene rings is 3. The fraction of sp³-hybridized carbons (Fsp3) is 0.361. The molecule has 1 amide bonds. The molecule has 1 atom stereocenters. The van der Waals surface area contributed by atoms with E-state index in [1.165, 1.54) is 11.5 Å². The summed E-state index contributed by atoms with van der Waals surface area (Å²) >= 11 is 1.51. The highest BCUT2D eigenvalue weighted by Gasteiger charge is 2.43. The summed E-state index contributed by atoms with van der Waals surface area (Å²) in [6.45, 7) is 6.94. The lowest BCUT2D eigenvalue weighted by Crippen LogP contribution is -2.52. The van der Waals surface area contributed by atoms with E-state index in [4.69, 9.17) is 13.8 Å². The number of methoxy groups -OCH3 is 2. The highest BCUT2D eigenvalue weighted by molar-refractivity contribution is 7.13. The summed E-state index contributed by atoms with van der Waals surface area (Å²) in [6.07, 6.45) is 1.13. The van der Waals surface area contributed by atoms with E-state index >= 15 is 0 Å². The molecule has 3 heterocycles. The number of aromatic nitrogens is 1. The van der Waals surface area contributed by atoms with Gasteiger partial charge < -0.3 is 29.5 Å². The average Bonchev–Trinajstić information content (AvgIpc) is 3.44. The number of hydrogen-bond donors (Lipinski definition) is 1. The molecule has 1 N–H and O–H groups in total. The molecule has 1 unspecified atom stereocenters. The predicted octanol–water partition coefficient (Wildman–Crippen LogP) is 6.28. The molecule has 9 nitrogen and oxygen atoms in total. The van der Waals surface area contributed by atoms with Crippen molar-refractivity contribution in [2.75, 3.05) is 62.1 Å². The maximum atomic E-state index is 14.3. The molecule has 1 aromatic heterocycles. The van der Waals surface area contributed by atoms with Crippen LogP contribution in [0.15, 0.2) is 78.0 Å². The number of hydrogen-bond acceptors (Lipinski definition) is 9. The molecule has 1 saturated heterocycles. The molecule has 2 aliphatic heterocycles. The van der Waals surface area contributed by atoms with Gasteiger partial charge in [0, 0.05) is 54.8 Å². The Hall–Kier alpha value is -4.57. The number of carbonyl (C=O) groups is 2. The van der Waals surface area contributed by atoms with Crippen molar-refractivity contribution >= 4 is 50.5 Å². The molecule has 0 bridgehead atoms. The molecule has 4 aromatic rings. The van der Waals surface area contributed by atoms with Crippen LogP contribution in [0.25, 0.3) is 10.1 Å². The quantitative estimate of drug-likeness (QED) is 0.265. The Bertz CT molecular complexity index is 1840. The van der Waals surface area contributed by atoms with E-state index in [-0.39, 0.29) is 23.7 Å². The van der Waals surface area contributed by atoms with Gasteiger partial charge in [0.15, 0.2) is 5.78 Å². The largest absolute Gasteiger partial charge is 0.497 e. The number of Topliss-reactive ketones (excluding diaryl/α,β-unsaturated/α-hetero) is 1. The van der Waals surface area contributed by atoms with Crippen LogP contribution >= 0.6 is 11.5 Å². The molecule has 46 heavy (non-hydrogen) atoms. The lowest BCUT2D eigenvalue weighted by molar-refractivity contribution is -0.130. The zero-order chi connectivity index (χ0) is 32.0. The van der Waals surface area contributed by atoms with Crippen LogP contribution in [0.4, 0.5) is 17.2 Å². The predicted molar refractivity (Wildman–Crippen MR) is 183 cm³/mol. The third-order valence-corrected chi connectivity index (χ3v) is 10.1. The van der Waals surface area contributed by atoms with Crippen LogP contribution < -0.4 is 24.6 Å². The third-order valence-electron chi connectivity index (χ3n) is 9.33. The second-order valence-electron chi connectivity index (χ2n) is 13.0. The fourth-order valence-corrected chi connectivity index (χ4v) is 7.91. The molecule has 238 valence electrons. The number of allylic oxidation sites excluding steroid dienone is 1. The van der Waals surface area contributed by atoms with Crippen LogP contribution in [0.1, 0.15) is 38.3 Å². The highest BCUT2D eigenvalue weighted by Crippen LogP contribution is 2.50. The number of nitrogens with zero attached hydrogens (tertiary/aromatic N) is 4. The van der Waals surface area contributed by atoms with Crippen molar-refractivity contribution in [3.05, 3.63) is 83.6 Å². The van der Waals surface area contributed by atoms with Crippen molar-refractivity contribution in [1.82, 2.24) is 9.27 Å². The number of carbonyl (C=O) groups excluding carboxylic acids is 2. The zero-order valence-electron chi connectivity index (χ0n) is 26.7. The number of nitrogens with one attached hydrogen (secondary N) is 1. The van der Waals surface area contributed by atoms with Crippen LogP contribution in [-0.4, -0.2) is 67.9 Å². The van der Waals surface area contributed by atoms with E-state index in [1.54, 1.807) is 14.2 Å². The van der Waals surface area contributed by atoms with Gasteiger partial charge in [0.2, 0.25) is 5.91 Å². The Morgan fingerprint density at radius 2 is 1.74 bits per heavy atom. The van der Waals surface area contributed by atoms with Gasteiger partial charge in [-0.1, -0.05) is 38.1 Å². The van der Waals surface area contributed by atoms with Gasteiger partial charge >= 0.3 is 0 Å². The molecule has 1 fully saturated rings. The van der Waals surface area contributed by atoms with Crippen molar-refractivity contribution in [1.29, 1.82) is 0 Å². The van der Waals surface area contributed by atoms with Crippen LogP contribution in [0.5, 0.6) is 11.5 Å². The van der Waals surface area contributed by atoms with Crippen LogP contribution in [0.3, 0.4) is 0 Å². The Morgan fingerprint density at radius 3 is 2.52 bits per heavy atom. The number of fused-ring (bicyclic) bond motifs is 2. The summed E-state index contributed by atoms with van der Waals surface area (Å²) in [5, 5.41) is 4.79. The molecule has 0 radical (unpaired) electrons. The maximum Gasteiger partial charge on any atom is 0.242 e. The van der Waals surface area contributed by atoms with Crippen molar-refractivity contribution in [2.24, 2.45) is 5.41 Å². The minimum Gasteiger partial charge on any atom is -0.497 e. The minimum absolute atomic E-state index is 0.0112. The number of rotatable bonds is 6. The van der Waals surface area contributed by atoms with Gasteiger partial charge in [-0.25, -0.2) is 0 Å². The highest BCUT2D eigenvalue weighted by atomic mass is 32.1. The Morgan fingerprint density at radius 1 is 0.978 bits per heavy atom. The number of para-hydroxylation sites is 2. The third kappa shape index (κ3) is 5.44. The summed E-state index contributed by atoms with van der Waals surface area (Å²) in [5.41, 5.74) is 3.89.